The van der Waals surface area contributed by atoms with Crippen LogP contribution < -0.4 is 5.73 Å². The normalized spacial score (nSPS) is 16.2. The van der Waals surface area contributed by atoms with Crippen molar-refractivity contribution in [3.8, 4) is 11.1 Å². The first-order valence-corrected chi connectivity index (χ1v) is 9.97. The molecule has 2 amide bonds. The molecule has 1 aromatic carbocycles. The van der Waals surface area contributed by atoms with Crippen LogP contribution in [0.3, 0.4) is 0 Å². The molecule has 1 aromatic heterocycles. The third kappa shape index (κ3) is 4.41. The molecule has 0 unspecified atom stereocenters. The van der Waals surface area contributed by atoms with E-state index < -0.39 is 5.41 Å². The zero-order valence-corrected chi connectivity index (χ0v) is 16.7. The van der Waals surface area contributed by atoms with Crippen LogP contribution in [0, 0.1) is 11.3 Å². The molecule has 148 valence electrons. The highest BCUT2D eigenvalue weighted by atomic mass is 16.2. The van der Waals surface area contributed by atoms with Crippen molar-refractivity contribution in [1.29, 1.82) is 0 Å². The molecule has 0 bridgehead atoms. The van der Waals surface area contributed by atoms with Gasteiger partial charge in [-0.25, -0.2) is 0 Å². The summed E-state index contributed by atoms with van der Waals surface area (Å²) >= 11 is 0. The fourth-order valence-electron chi connectivity index (χ4n) is 4.02. The summed E-state index contributed by atoms with van der Waals surface area (Å²) in [5, 5.41) is 0. The molecule has 0 aliphatic carbocycles. The molecule has 1 aliphatic heterocycles. The maximum absolute atomic E-state index is 12.5. The number of aromatic nitrogens is 1. The number of rotatable bonds is 6. The lowest BCUT2D eigenvalue weighted by molar-refractivity contribution is -0.139. The Morgan fingerprint density at radius 3 is 2.46 bits per heavy atom. The van der Waals surface area contributed by atoms with Crippen molar-refractivity contribution in [2.75, 3.05) is 13.1 Å². The van der Waals surface area contributed by atoms with Crippen molar-refractivity contribution in [3.63, 3.8) is 0 Å². The molecule has 3 rings (SSSR count). The summed E-state index contributed by atoms with van der Waals surface area (Å²) in [5.74, 6) is 0.231. The molecule has 0 atom stereocenters. The summed E-state index contributed by atoms with van der Waals surface area (Å²) in [4.78, 5) is 31.0. The molecule has 0 spiro atoms. The number of hydrogen-bond donors (Lipinski definition) is 1. The van der Waals surface area contributed by atoms with Gasteiger partial charge in [0.25, 0.3) is 0 Å². The lowest BCUT2D eigenvalue weighted by Gasteiger charge is -2.40. The van der Waals surface area contributed by atoms with Gasteiger partial charge in [-0.05, 0) is 42.4 Å². The molecular weight excluding hydrogens is 350 g/mol. The summed E-state index contributed by atoms with van der Waals surface area (Å²) in [6, 6.07) is 12.0. The Morgan fingerprint density at radius 1 is 1.14 bits per heavy atom. The van der Waals surface area contributed by atoms with Crippen molar-refractivity contribution in [2.45, 2.75) is 39.5 Å². The fourth-order valence-corrected chi connectivity index (χ4v) is 4.02. The molecule has 5 heteroatoms. The van der Waals surface area contributed by atoms with Gasteiger partial charge in [-0.1, -0.05) is 44.2 Å². The highest BCUT2D eigenvalue weighted by Crippen LogP contribution is 2.38. The van der Waals surface area contributed by atoms with Crippen LogP contribution >= 0.6 is 0 Å². The molecule has 5 nitrogen and oxygen atoms in total. The zero-order chi connectivity index (χ0) is 20.1. The maximum atomic E-state index is 12.5. The second-order valence-corrected chi connectivity index (χ2v) is 8.20. The second kappa shape index (κ2) is 8.55. The third-order valence-corrected chi connectivity index (χ3v) is 5.70. The van der Waals surface area contributed by atoms with Crippen LogP contribution in [-0.4, -0.2) is 34.8 Å². The van der Waals surface area contributed by atoms with E-state index in [-0.39, 0.29) is 11.8 Å². The Balaban J connectivity index is 1.81. The fraction of sp³-hybridized carbons (Fsp3) is 0.435. The van der Waals surface area contributed by atoms with Gasteiger partial charge in [-0.3, -0.25) is 14.6 Å². The highest BCUT2D eigenvalue weighted by molar-refractivity contribution is 5.83. The van der Waals surface area contributed by atoms with Crippen LogP contribution in [0.2, 0.25) is 0 Å². The van der Waals surface area contributed by atoms with Gasteiger partial charge in [0.2, 0.25) is 11.8 Å². The molecule has 2 aromatic rings. The molecule has 1 saturated heterocycles. The molecule has 2 N–H and O–H groups in total. The number of primary amides is 1. The molecule has 2 heterocycles. The van der Waals surface area contributed by atoms with E-state index in [1.807, 2.05) is 49.2 Å². The number of nitrogens with two attached hydrogens (primary N) is 1. The van der Waals surface area contributed by atoms with Gasteiger partial charge in [0.05, 0.1) is 5.41 Å². The predicted molar refractivity (Wildman–Crippen MR) is 110 cm³/mol. The average molecular weight is 380 g/mol. The van der Waals surface area contributed by atoms with Gasteiger partial charge in [0.15, 0.2) is 0 Å². The number of amides is 2. The Bertz CT molecular complexity index is 825. The summed E-state index contributed by atoms with van der Waals surface area (Å²) in [6.07, 6.45) is 5.93. The number of nitrogens with zero attached hydrogens (tertiary/aromatic N) is 2. The summed E-state index contributed by atoms with van der Waals surface area (Å²) in [7, 11) is 0. The number of pyridine rings is 1. The third-order valence-electron chi connectivity index (χ3n) is 5.70. The van der Waals surface area contributed by atoms with E-state index in [0.29, 0.717) is 44.7 Å². The monoisotopic (exact) mass is 379 g/mol. The second-order valence-electron chi connectivity index (χ2n) is 8.20. The van der Waals surface area contributed by atoms with E-state index in [1.54, 1.807) is 6.20 Å². The molecule has 0 saturated carbocycles. The van der Waals surface area contributed by atoms with E-state index in [9.17, 15) is 9.59 Å². The van der Waals surface area contributed by atoms with Gasteiger partial charge < -0.3 is 10.6 Å². The summed E-state index contributed by atoms with van der Waals surface area (Å²) in [6.45, 7) is 5.27. The molecule has 1 fully saturated rings. The number of carbonyl (C=O) groups excluding carboxylic acids is 2. The number of carbonyl (C=O) groups is 2. The van der Waals surface area contributed by atoms with Crippen LogP contribution in [0.4, 0.5) is 0 Å². The van der Waals surface area contributed by atoms with Gasteiger partial charge in [-0.2, -0.15) is 0 Å². The summed E-state index contributed by atoms with van der Waals surface area (Å²) < 4.78 is 0. The van der Waals surface area contributed by atoms with Crippen molar-refractivity contribution in [2.24, 2.45) is 17.1 Å². The van der Waals surface area contributed by atoms with Crippen molar-refractivity contribution in [3.05, 3.63) is 54.4 Å². The van der Waals surface area contributed by atoms with E-state index in [1.165, 1.54) is 0 Å². The first kappa shape index (κ1) is 20.1. The predicted octanol–water partition coefficient (Wildman–Crippen LogP) is 3.43. The Kier molecular flexibility index (Phi) is 6.12. The topological polar surface area (TPSA) is 76.3 Å². The number of hydrogen-bond acceptors (Lipinski definition) is 3. The minimum Gasteiger partial charge on any atom is -0.369 e. The lowest BCUT2D eigenvalue weighted by Crippen LogP contribution is -2.50. The number of benzene rings is 1. The SMILES string of the molecule is CC(C)CC(=O)N1CCC(Cc2ccccc2-c2cccnc2)(C(N)=O)CC1. The van der Waals surface area contributed by atoms with Gasteiger partial charge in [-0.15, -0.1) is 0 Å². The zero-order valence-electron chi connectivity index (χ0n) is 16.7. The van der Waals surface area contributed by atoms with E-state index in [2.05, 4.69) is 17.1 Å². The standard InChI is InChI=1S/C23H29N3O2/c1-17(2)14-21(27)26-12-9-23(10-13-26,22(24)28)15-18-6-3-4-8-20(18)19-7-5-11-25-16-19/h3-8,11,16-17H,9-10,12-15H2,1-2H3,(H2,24,28). The van der Waals surface area contributed by atoms with Crippen molar-refractivity contribution < 1.29 is 9.59 Å². The van der Waals surface area contributed by atoms with E-state index in [4.69, 9.17) is 5.73 Å². The first-order chi connectivity index (χ1) is 13.4. The lowest BCUT2D eigenvalue weighted by atomic mass is 9.72. The van der Waals surface area contributed by atoms with Crippen molar-refractivity contribution >= 4 is 11.8 Å². The van der Waals surface area contributed by atoms with Crippen molar-refractivity contribution in [1.82, 2.24) is 9.88 Å². The largest absolute Gasteiger partial charge is 0.369 e. The molecule has 0 radical (unpaired) electrons. The smallest absolute Gasteiger partial charge is 0.224 e. The van der Waals surface area contributed by atoms with Crippen LogP contribution in [0.1, 0.15) is 38.7 Å². The van der Waals surface area contributed by atoms with Crippen LogP contribution in [0.5, 0.6) is 0 Å². The molecular formula is C23H29N3O2. The van der Waals surface area contributed by atoms with E-state index >= 15 is 0 Å². The Hall–Kier alpha value is -2.69. The Morgan fingerprint density at radius 2 is 1.86 bits per heavy atom. The van der Waals surface area contributed by atoms with Crippen LogP contribution in [0.25, 0.3) is 11.1 Å². The maximum Gasteiger partial charge on any atom is 0.224 e. The molecule has 28 heavy (non-hydrogen) atoms. The minimum absolute atomic E-state index is 0.170. The first-order valence-electron chi connectivity index (χ1n) is 9.97. The van der Waals surface area contributed by atoms with Gasteiger partial charge >= 0.3 is 0 Å². The summed E-state index contributed by atoms with van der Waals surface area (Å²) in [5.41, 5.74) is 8.47. The van der Waals surface area contributed by atoms with Crippen LogP contribution in [0.15, 0.2) is 48.8 Å². The van der Waals surface area contributed by atoms with Crippen LogP contribution in [-0.2, 0) is 16.0 Å². The minimum atomic E-state index is -0.618. The Labute approximate surface area is 167 Å². The highest BCUT2D eigenvalue weighted by Gasteiger charge is 2.41. The number of likely N-dealkylation sites (tertiary alicyclic amines) is 1. The quantitative estimate of drug-likeness (QED) is 0.835. The average Bonchev–Trinajstić information content (AvgIpc) is 2.69. The number of piperidine rings is 1. The van der Waals surface area contributed by atoms with Gasteiger partial charge in [0, 0.05) is 37.5 Å². The molecule has 1 aliphatic rings. The van der Waals surface area contributed by atoms with E-state index in [0.717, 1.165) is 16.7 Å². The van der Waals surface area contributed by atoms with Gasteiger partial charge in [0.1, 0.15) is 0 Å².